The Morgan fingerprint density at radius 2 is 1.69 bits per heavy atom. The number of anilines is 1. The van der Waals surface area contributed by atoms with Gasteiger partial charge in [0.05, 0.1) is 0 Å². The normalized spacial score (nSPS) is 10.8. The van der Waals surface area contributed by atoms with Gasteiger partial charge in [0.25, 0.3) is 5.91 Å². The Kier molecular flexibility index (Phi) is 5.44. The largest absolute Gasteiger partial charge is 0.452 e. The molecule has 1 N–H and O–H groups in total. The van der Waals surface area contributed by atoms with E-state index in [1.165, 1.54) is 6.08 Å². The Balaban J connectivity index is 1.57. The molecule has 0 fully saturated rings. The molecule has 130 valence electrons. The molecular weight excluding hydrogens is 326 g/mol. The van der Waals surface area contributed by atoms with E-state index in [0.29, 0.717) is 5.69 Å². The Bertz CT molecular complexity index is 971. The first kappa shape index (κ1) is 17.4. The van der Waals surface area contributed by atoms with Crippen LogP contribution in [-0.2, 0) is 14.3 Å². The predicted octanol–water partition coefficient (Wildman–Crippen LogP) is 4.34. The number of rotatable bonds is 5. The van der Waals surface area contributed by atoms with E-state index in [0.717, 1.165) is 21.9 Å². The highest BCUT2D eigenvalue weighted by Gasteiger charge is 2.08. The van der Waals surface area contributed by atoms with Crippen molar-refractivity contribution in [3.05, 3.63) is 83.9 Å². The van der Waals surface area contributed by atoms with Crippen LogP contribution >= 0.6 is 0 Å². The van der Waals surface area contributed by atoms with Gasteiger partial charge in [-0.3, -0.25) is 4.79 Å². The van der Waals surface area contributed by atoms with Gasteiger partial charge in [-0.1, -0.05) is 60.7 Å². The first-order valence-electron chi connectivity index (χ1n) is 8.31. The molecular formula is C22H19NO3. The van der Waals surface area contributed by atoms with Crippen molar-refractivity contribution < 1.29 is 14.3 Å². The smallest absolute Gasteiger partial charge is 0.331 e. The average molecular weight is 345 g/mol. The number of ether oxygens (including phenoxy) is 1. The molecule has 3 rings (SSSR count). The van der Waals surface area contributed by atoms with Crippen LogP contribution in [0, 0.1) is 6.92 Å². The summed E-state index contributed by atoms with van der Waals surface area (Å²) < 4.78 is 5.01. The first-order valence-corrected chi connectivity index (χ1v) is 8.31. The fraction of sp³-hybridized carbons (Fsp3) is 0.0909. The van der Waals surface area contributed by atoms with Gasteiger partial charge in [0, 0.05) is 17.1 Å². The van der Waals surface area contributed by atoms with Crippen LogP contribution in [0.4, 0.5) is 5.69 Å². The van der Waals surface area contributed by atoms with Gasteiger partial charge in [-0.2, -0.15) is 0 Å². The minimum absolute atomic E-state index is 0.333. The SMILES string of the molecule is Cc1ccccc1/C=C/C(=O)OCC(=O)Nc1cccc2ccccc12. The molecule has 26 heavy (non-hydrogen) atoms. The van der Waals surface area contributed by atoms with Crippen molar-refractivity contribution in [2.24, 2.45) is 0 Å². The zero-order valence-corrected chi connectivity index (χ0v) is 14.4. The zero-order valence-electron chi connectivity index (χ0n) is 14.4. The fourth-order valence-electron chi connectivity index (χ4n) is 2.64. The van der Waals surface area contributed by atoms with Crippen LogP contribution < -0.4 is 5.32 Å². The van der Waals surface area contributed by atoms with E-state index in [-0.39, 0.29) is 12.5 Å². The molecule has 0 aliphatic carbocycles. The third kappa shape index (κ3) is 4.36. The molecule has 0 radical (unpaired) electrons. The fourth-order valence-corrected chi connectivity index (χ4v) is 2.64. The van der Waals surface area contributed by atoms with Crippen molar-refractivity contribution in [1.82, 2.24) is 0 Å². The molecule has 3 aromatic rings. The number of fused-ring (bicyclic) bond motifs is 1. The Morgan fingerprint density at radius 1 is 0.962 bits per heavy atom. The summed E-state index contributed by atoms with van der Waals surface area (Å²) >= 11 is 0. The molecule has 0 bridgehead atoms. The lowest BCUT2D eigenvalue weighted by Gasteiger charge is -2.08. The van der Waals surface area contributed by atoms with E-state index in [4.69, 9.17) is 4.74 Å². The number of nitrogens with one attached hydrogen (secondary N) is 1. The van der Waals surface area contributed by atoms with Gasteiger partial charge in [-0.05, 0) is 35.6 Å². The molecule has 0 spiro atoms. The molecule has 0 aliphatic heterocycles. The van der Waals surface area contributed by atoms with Gasteiger partial charge >= 0.3 is 5.97 Å². The number of hydrogen-bond donors (Lipinski definition) is 1. The summed E-state index contributed by atoms with van der Waals surface area (Å²) in [6.07, 6.45) is 3.01. The summed E-state index contributed by atoms with van der Waals surface area (Å²) in [5.74, 6) is -0.930. The second kappa shape index (κ2) is 8.12. The highest BCUT2D eigenvalue weighted by molar-refractivity contribution is 6.03. The number of hydrogen-bond acceptors (Lipinski definition) is 3. The number of carbonyl (C=O) groups excluding carboxylic acids is 2. The van der Waals surface area contributed by atoms with Crippen LogP contribution in [0.25, 0.3) is 16.8 Å². The first-order chi connectivity index (χ1) is 12.6. The number of aryl methyl sites for hydroxylation is 1. The highest BCUT2D eigenvalue weighted by atomic mass is 16.5. The van der Waals surface area contributed by atoms with E-state index >= 15 is 0 Å². The van der Waals surface area contributed by atoms with Crippen molar-refractivity contribution in [3.8, 4) is 0 Å². The summed E-state index contributed by atoms with van der Waals surface area (Å²) in [6.45, 7) is 1.63. The molecule has 0 aliphatic rings. The van der Waals surface area contributed by atoms with Crippen molar-refractivity contribution in [2.75, 3.05) is 11.9 Å². The van der Waals surface area contributed by atoms with E-state index < -0.39 is 5.97 Å². The number of carbonyl (C=O) groups is 2. The minimum Gasteiger partial charge on any atom is -0.452 e. The quantitative estimate of drug-likeness (QED) is 0.553. The number of benzene rings is 3. The van der Waals surface area contributed by atoms with Crippen LogP contribution in [0.1, 0.15) is 11.1 Å². The van der Waals surface area contributed by atoms with E-state index in [2.05, 4.69) is 5.32 Å². The second-order valence-corrected chi connectivity index (χ2v) is 5.87. The van der Waals surface area contributed by atoms with Gasteiger partial charge < -0.3 is 10.1 Å². The van der Waals surface area contributed by atoms with Gasteiger partial charge in [0.2, 0.25) is 0 Å². The molecule has 0 heterocycles. The van der Waals surface area contributed by atoms with Gasteiger partial charge in [0.15, 0.2) is 6.61 Å². The van der Waals surface area contributed by atoms with Crippen LogP contribution in [-0.4, -0.2) is 18.5 Å². The minimum atomic E-state index is -0.554. The Hall–Kier alpha value is -3.40. The van der Waals surface area contributed by atoms with Gasteiger partial charge in [0.1, 0.15) is 0 Å². The van der Waals surface area contributed by atoms with Crippen molar-refractivity contribution in [1.29, 1.82) is 0 Å². The lowest BCUT2D eigenvalue weighted by molar-refractivity contribution is -0.142. The Morgan fingerprint density at radius 3 is 2.54 bits per heavy atom. The van der Waals surface area contributed by atoms with Gasteiger partial charge in [-0.25, -0.2) is 4.79 Å². The third-order valence-corrected chi connectivity index (χ3v) is 4.00. The number of amides is 1. The van der Waals surface area contributed by atoms with Gasteiger partial charge in [-0.15, -0.1) is 0 Å². The Labute approximate surface area is 152 Å². The molecule has 0 atom stereocenters. The zero-order chi connectivity index (χ0) is 18.4. The maximum Gasteiger partial charge on any atom is 0.331 e. The summed E-state index contributed by atoms with van der Waals surface area (Å²) in [5.41, 5.74) is 2.69. The molecule has 0 aromatic heterocycles. The third-order valence-electron chi connectivity index (χ3n) is 4.00. The average Bonchev–Trinajstić information content (AvgIpc) is 2.66. The van der Waals surface area contributed by atoms with Crippen LogP contribution in [0.2, 0.25) is 0 Å². The maximum atomic E-state index is 12.1. The topological polar surface area (TPSA) is 55.4 Å². The molecule has 3 aromatic carbocycles. The second-order valence-electron chi connectivity index (χ2n) is 5.87. The maximum absolute atomic E-state index is 12.1. The molecule has 4 heteroatoms. The summed E-state index contributed by atoms with van der Waals surface area (Å²) in [5, 5.41) is 4.75. The number of esters is 1. The predicted molar refractivity (Wildman–Crippen MR) is 104 cm³/mol. The molecule has 0 saturated carbocycles. The molecule has 4 nitrogen and oxygen atoms in total. The lowest BCUT2D eigenvalue weighted by Crippen LogP contribution is -2.20. The van der Waals surface area contributed by atoms with E-state index in [1.54, 1.807) is 6.08 Å². The van der Waals surface area contributed by atoms with Crippen LogP contribution in [0.3, 0.4) is 0 Å². The lowest BCUT2D eigenvalue weighted by atomic mass is 10.1. The van der Waals surface area contributed by atoms with Crippen LogP contribution in [0.15, 0.2) is 72.8 Å². The van der Waals surface area contributed by atoms with E-state index in [1.807, 2.05) is 73.7 Å². The summed E-state index contributed by atoms with van der Waals surface area (Å²) in [6, 6.07) is 21.1. The molecule has 0 unspecified atom stereocenters. The monoisotopic (exact) mass is 345 g/mol. The molecule has 1 amide bonds. The van der Waals surface area contributed by atoms with Crippen LogP contribution in [0.5, 0.6) is 0 Å². The summed E-state index contributed by atoms with van der Waals surface area (Å²) in [4.78, 5) is 23.9. The van der Waals surface area contributed by atoms with Crippen molar-refractivity contribution in [3.63, 3.8) is 0 Å². The summed E-state index contributed by atoms with van der Waals surface area (Å²) in [7, 11) is 0. The van der Waals surface area contributed by atoms with Crippen molar-refractivity contribution >= 4 is 34.4 Å². The molecule has 0 saturated heterocycles. The highest BCUT2D eigenvalue weighted by Crippen LogP contribution is 2.22. The van der Waals surface area contributed by atoms with E-state index in [9.17, 15) is 9.59 Å². The van der Waals surface area contributed by atoms with Crippen molar-refractivity contribution in [2.45, 2.75) is 6.92 Å². The standard InChI is InChI=1S/C22H19NO3/c1-16-7-2-3-8-17(16)13-14-22(25)26-15-21(24)23-20-12-6-10-18-9-4-5-11-19(18)20/h2-14H,15H2,1H3,(H,23,24)/b14-13+.